The summed E-state index contributed by atoms with van der Waals surface area (Å²) >= 11 is 3.31. The van der Waals surface area contributed by atoms with Gasteiger partial charge in [-0.2, -0.15) is 0 Å². The van der Waals surface area contributed by atoms with Gasteiger partial charge in [-0.05, 0) is 36.8 Å². The minimum Gasteiger partial charge on any atom is -0.489 e. The SMILES string of the molecule is C[C@@H](N)c1ccc(OCc2ccc(F)cc2Br)cc1. The van der Waals surface area contributed by atoms with Gasteiger partial charge in [0.25, 0.3) is 0 Å². The van der Waals surface area contributed by atoms with Gasteiger partial charge in [-0.1, -0.05) is 34.1 Å². The van der Waals surface area contributed by atoms with E-state index in [4.69, 9.17) is 10.5 Å². The van der Waals surface area contributed by atoms with Crippen molar-refractivity contribution in [1.29, 1.82) is 0 Å². The Kier molecular flexibility index (Phi) is 4.56. The number of ether oxygens (including phenoxy) is 1. The van der Waals surface area contributed by atoms with Gasteiger partial charge >= 0.3 is 0 Å². The molecule has 100 valence electrons. The van der Waals surface area contributed by atoms with Crippen LogP contribution < -0.4 is 10.5 Å². The average molecular weight is 324 g/mol. The van der Waals surface area contributed by atoms with Crippen LogP contribution in [-0.4, -0.2) is 0 Å². The molecule has 4 heteroatoms. The van der Waals surface area contributed by atoms with Crippen LogP contribution in [0.4, 0.5) is 4.39 Å². The summed E-state index contributed by atoms with van der Waals surface area (Å²) in [7, 11) is 0. The standard InChI is InChI=1S/C15H15BrFNO/c1-10(18)11-3-6-14(7-4-11)19-9-12-2-5-13(17)8-15(12)16/h2-8,10H,9,18H2,1H3/t10-/m1/s1. The molecule has 0 aliphatic rings. The minimum absolute atomic E-state index is 0.0142. The van der Waals surface area contributed by atoms with Gasteiger partial charge in [0.1, 0.15) is 18.2 Å². The lowest BCUT2D eigenvalue weighted by Crippen LogP contribution is -2.04. The van der Waals surface area contributed by atoms with Crippen molar-refractivity contribution >= 4 is 15.9 Å². The molecule has 0 heterocycles. The molecule has 2 rings (SSSR count). The van der Waals surface area contributed by atoms with Gasteiger partial charge in [0.05, 0.1) is 0 Å². The van der Waals surface area contributed by atoms with Gasteiger partial charge in [0.15, 0.2) is 0 Å². The predicted octanol–water partition coefficient (Wildman–Crippen LogP) is 4.19. The van der Waals surface area contributed by atoms with Gasteiger partial charge in [-0.15, -0.1) is 0 Å². The van der Waals surface area contributed by atoms with E-state index in [1.807, 2.05) is 31.2 Å². The van der Waals surface area contributed by atoms with E-state index in [1.165, 1.54) is 12.1 Å². The number of halogens is 2. The Morgan fingerprint density at radius 2 is 1.89 bits per heavy atom. The van der Waals surface area contributed by atoms with Gasteiger partial charge in [-0.3, -0.25) is 0 Å². The molecule has 1 atom stereocenters. The fourth-order valence-corrected chi connectivity index (χ4v) is 2.13. The maximum Gasteiger partial charge on any atom is 0.124 e. The highest BCUT2D eigenvalue weighted by Gasteiger charge is 2.03. The molecule has 0 aliphatic carbocycles. The van der Waals surface area contributed by atoms with E-state index in [1.54, 1.807) is 6.07 Å². The lowest BCUT2D eigenvalue weighted by Gasteiger charge is -2.10. The third-order valence-electron chi connectivity index (χ3n) is 2.82. The quantitative estimate of drug-likeness (QED) is 0.915. The van der Waals surface area contributed by atoms with Crippen LogP contribution in [0, 0.1) is 5.82 Å². The molecule has 19 heavy (non-hydrogen) atoms. The lowest BCUT2D eigenvalue weighted by molar-refractivity contribution is 0.305. The molecule has 0 aromatic heterocycles. The van der Waals surface area contributed by atoms with Crippen molar-refractivity contribution in [3.63, 3.8) is 0 Å². The predicted molar refractivity (Wildman–Crippen MR) is 77.5 cm³/mol. The fourth-order valence-electron chi connectivity index (χ4n) is 1.67. The van der Waals surface area contributed by atoms with Crippen LogP contribution in [0.2, 0.25) is 0 Å². The number of hydrogen-bond acceptors (Lipinski definition) is 2. The molecular formula is C15H15BrFNO. The van der Waals surface area contributed by atoms with Crippen LogP contribution in [0.5, 0.6) is 5.75 Å². The third kappa shape index (κ3) is 3.78. The summed E-state index contributed by atoms with van der Waals surface area (Å²) in [6.07, 6.45) is 0. The second kappa shape index (κ2) is 6.17. The zero-order valence-corrected chi connectivity index (χ0v) is 12.2. The molecule has 0 radical (unpaired) electrons. The molecule has 2 aromatic carbocycles. The van der Waals surface area contributed by atoms with Crippen molar-refractivity contribution in [2.24, 2.45) is 5.73 Å². The molecule has 0 fully saturated rings. The van der Waals surface area contributed by atoms with Crippen molar-refractivity contribution in [2.75, 3.05) is 0 Å². The Hall–Kier alpha value is -1.39. The molecular weight excluding hydrogens is 309 g/mol. The first-order valence-electron chi connectivity index (χ1n) is 5.98. The Morgan fingerprint density at radius 3 is 2.47 bits per heavy atom. The number of benzene rings is 2. The maximum atomic E-state index is 12.9. The average Bonchev–Trinajstić information content (AvgIpc) is 2.38. The topological polar surface area (TPSA) is 35.2 Å². The van der Waals surface area contributed by atoms with Crippen LogP contribution in [0.15, 0.2) is 46.9 Å². The zero-order valence-electron chi connectivity index (χ0n) is 10.6. The van der Waals surface area contributed by atoms with Gasteiger partial charge < -0.3 is 10.5 Å². The molecule has 2 nitrogen and oxygen atoms in total. The summed E-state index contributed by atoms with van der Waals surface area (Å²) in [4.78, 5) is 0. The van der Waals surface area contributed by atoms with Crippen molar-refractivity contribution in [2.45, 2.75) is 19.6 Å². The molecule has 2 N–H and O–H groups in total. The van der Waals surface area contributed by atoms with Gasteiger partial charge in [0, 0.05) is 16.1 Å². The van der Waals surface area contributed by atoms with Gasteiger partial charge in [0.2, 0.25) is 0 Å². The number of hydrogen-bond donors (Lipinski definition) is 1. The largest absolute Gasteiger partial charge is 0.489 e. The third-order valence-corrected chi connectivity index (χ3v) is 3.55. The Bertz CT molecular complexity index is 555. The first-order valence-corrected chi connectivity index (χ1v) is 6.78. The number of rotatable bonds is 4. The monoisotopic (exact) mass is 323 g/mol. The van der Waals surface area contributed by atoms with E-state index in [2.05, 4.69) is 15.9 Å². The van der Waals surface area contributed by atoms with Crippen LogP contribution in [0.25, 0.3) is 0 Å². The smallest absolute Gasteiger partial charge is 0.124 e. The normalized spacial score (nSPS) is 12.2. The summed E-state index contributed by atoms with van der Waals surface area (Å²) in [5.41, 5.74) is 7.75. The summed E-state index contributed by atoms with van der Waals surface area (Å²) in [6.45, 7) is 2.32. The van der Waals surface area contributed by atoms with E-state index in [0.29, 0.717) is 11.1 Å². The van der Waals surface area contributed by atoms with Crippen molar-refractivity contribution in [3.8, 4) is 5.75 Å². The molecule has 0 unspecified atom stereocenters. The highest BCUT2D eigenvalue weighted by atomic mass is 79.9. The molecule has 0 saturated heterocycles. The summed E-state index contributed by atoms with van der Waals surface area (Å²) in [5.74, 6) is 0.498. The molecule has 0 amide bonds. The van der Waals surface area contributed by atoms with E-state index >= 15 is 0 Å². The Labute approximate surface area is 120 Å². The van der Waals surface area contributed by atoms with E-state index in [0.717, 1.165) is 16.9 Å². The maximum absolute atomic E-state index is 12.9. The second-order valence-electron chi connectivity index (χ2n) is 4.38. The summed E-state index contributed by atoms with van der Waals surface area (Å²) < 4.78 is 19.3. The van der Waals surface area contributed by atoms with Gasteiger partial charge in [-0.25, -0.2) is 4.39 Å². The number of nitrogens with two attached hydrogens (primary N) is 1. The highest BCUT2D eigenvalue weighted by molar-refractivity contribution is 9.10. The second-order valence-corrected chi connectivity index (χ2v) is 5.24. The fraction of sp³-hybridized carbons (Fsp3) is 0.200. The molecule has 0 aliphatic heterocycles. The first-order chi connectivity index (χ1) is 9.06. The van der Waals surface area contributed by atoms with E-state index in [-0.39, 0.29) is 11.9 Å². The lowest BCUT2D eigenvalue weighted by atomic mass is 10.1. The Morgan fingerprint density at radius 1 is 1.21 bits per heavy atom. The van der Waals surface area contributed by atoms with Crippen LogP contribution in [-0.2, 0) is 6.61 Å². The first kappa shape index (κ1) is 14.0. The molecule has 0 spiro atoms. The van der Waals surface area contributed by atoms with Crippen LogP contribution >= 0.6 is 15.9 Å². The minimum atomic E-state index is -0.267. The summed E-state index contributed by atoms with van der Waals surface area (Å²) in [5, 5.41) is 0. The zero-order chi connectivity index (χ0) is 13.8. The van der Waals surface area contributed by atoms with Crippen molar-refractivity contribution < 1.29 is 9.13 Å². The van der Waals surface area contributed by atoms with Crippen molar-refractivity contribution in [1.82, 2.24) is 0 Å². The van der Waals surface area contributed by atoms with Crippen LogP contribution in [0.1, 0.15) is 24.1 Å². The van der Waals surface area contributed by atoms with Crippen LogP contribution in [0.3, 0.4) is 0 Å². The Balaban J connectivity index is 2.02. The summed E-state index contributed by atoms with van der Waals surface area (Å²) in [6, 6.07) is 12.2. The van der Waals surface area contributed by atoms with E-state index in [9.17, 15) is 4.39 Å². The molecule has 2 aromatic rings. The molecule has 0 bridgehead atoms. The van der Waals surface area contributed by atoms with Crippen molar-refractivity contribution in [3.05, 3.63) is 63.9 Å². The highest BCUT2D eigenvalue weighted by Crippen LogP contribution is 2.21. The van der Waals surface area contributed by atoms with E-state index < -0.39 is 0 Å². The molecule has 0 saturated carbocycles.